The third-order valence-corrected chi connectivity index (χ3v) is 27.3. The fraction of sp³-hybridized carbons (Fsp3) is 0. The lowest BCUT2D eigenvalue weighted by Crippen LogP contribution is -2.74. The quantitative estimate of drug-likeness (QED) is 0.0734. The number of hydrogen-bond acceptors (Lipinski definition) is 0. The first-order chi connectivity index (χ1) is 40.7. The highest BCUT2D eigenvalue weighted by atomic mass is 28.3. The summed E-state index contributed by atoms with van der Waals surface area (Å²) in [6.07, 6.45) is 0. The summed E-state index contributed by atoms with van der Waals surface area (Å²) in [5.74, 6) is 0. The molecule has 2 aromatic heterocycles. The van der Waals surface area contributed by atoms with E-state index in [4.69, 9.17) is 0 Å². The first-order valence-electron chi connectivity index (χ1n) is 28.5. The van der Waals surface area contributed by atoms with Crippen LogP contribution in [-0.4, -0.2) is 25.3 Å². The van der Waals surface area contributed by atoms with Crippen molar-refractivity contribution in [1.82, 2.24) is 9.13 Å². The van der Waals surface area contributed by atoms with Crippen LogP contribution >= 0.6 is 0 Å². The predicted molar refractivity (Wildman–Crippen MR) is 355 cm³/mol. The number of aromatic nitrogens is 2. The van der Waals surface area contributed by atoms with E-state index < -0.39 is 16.1 Å². The van der Waals surface area contributed by atoms with Gasteiger partial charge in [-0.15, -0.1) is 0 Å². The molecule has 2 heterocycles. The Balaban J connectivity index is 0.975. The lowest BCUT2D eigenvalue weighted by Gasteiger charge is -2.34. The Morgan fingerprint density at radius 3 is 1.02 bits per heavy atom. The van der Waals surface area contributed by atoms with Gasteiger partial charge in [0.05, 0.1) is 22.1 Å². The molecule has 0 saturated carbocycles. The Kier molecular flexibility index (Phi) is 11.3. The number of nitrogens with zero attached hydrogens (tertiary/aromatic N) is 2. The molecule has 16 rings (SSSR count). The Bertz CT molecular complexity index is 4850. The van der Waals surface area contributed by atoms with Crippen molar-refractivity contribution in [3.8, 4) is 11.4 Å². The Morgan fingerprint density at radius 2 is 0.512 bits per heavy atom. The van der Waals surface area contributed by atoms with Crippen molar-refractivity contribution in [2.45, 2.75) is 0 Å². The second kappa shape index (κ2) is 19.3. The molecule has 0 bridgehead atoms. The van der Waals surface area contributed by atoms with Gasteiger partial charge >= 0.3 is 0 Å². The molecule has 0 N–H and O–H groups in total. The third kappa shape index (κ3) is 7.12. The minimum absolute atomic E-state index is 1.13. The highest BCUT2D eigenvalue weighted by molar-refractivity contribution is 7.20. The van der Waals surface area contributed by atoms with Crippen LogP contribution in [0.2, 0.25) is 0 Å². The van der Waals surface area contributed by atoms with Gasteiger partial charge in [0.25, 0.3) is 0 Å². The molecule has 4 heteroatoms. The molecule has 0 aliphatic heterocycles. The molecule has 0 saturated heterocycles. The molecule has 2 nitrogen and oxygen atoms in total. The van der Waals surface area contributed by atoms with Crippen LogP contribution in [0.5, 0.6) is 0 Å². The molecule has 0 fully saturated rings. The van der Waals surface area contributed by atoms with Gasteiger partial charge in [0.15, 0.2) is 16.1 Å². The Labute approximate surface area is 478 Å². The topological polar surface area (TPSA) is 9.86 Å². The molecule has 16 aromatic rings. The van der Waals surface area contributed by atoms with Crippen LogP contribution in [0.15, 0.2) is 328 Å². The molecular weight excluding hydrogens is 1020 g/mol. The lowest BCUT2D eigenvalue weighted by molar-refractivity contribution is 1.17. The highest BCUT2D eigenvalue weighted by Gasteiger charge is 2.43. The summed E-state index contributed by atoms with van der Waals surface area (Å²) in [5, 5.41) is 23.4. The van der Waals surface area contributed by atoms with Gasteiger partial charge in [0, 0.05) is 38.3 Å². The number of hydrogen-bond donors (Lipinski definition) is 0. The molecule has 82 heavy (non-hydrogen) atoms. The Hall–Kier alpha value is -10.1. The zero-order valence-electron chi connectivity index (χ0n) is 45.1. The Morgan fingerprint density at radius 1 is 0.171 bits per heavy atom. The van der Waals surface area contributed by atoms with Gasteiger partial charge in [-0.3, -0.25) is 0 Å². The van der Waals surface area contributed by atoms with Gasteiger partial charge in [-0.1, -0.05) is 279 Å². The molecule has 0 radical (unpaired) electrons. The van der Waals surface area contributed by atoms with Crippen LogP contribution in [0.3, 0.4) is 0 Å². The smallest absolute Gasteiger partial charge is 0.179 e. The maximum absolute atomic E-state index is 2.92. The molecule has 0 amide bonds. The van der Waals surface area contributed by atoms with Gasteiger partial charge in [-0.05, 0) is 117 Å². The van der Waals surface area contributed by atoms with Crippen LogP contribution in [0.1, 0.15) is 0 Å². The first kappa shape index (κ1) is 47.9. The second-order valence-electron chi connectivity index (χ2n) is 21.8. The maximum Gasteiger partial charge on any atom is 0.179 e. The van der Waals surface area contributed by atoms with Crippen molar-refractivity contribution in [1.29, 1.82) is 0 Å². The van der Waals surface area contributed by atoms with Crippen molar-refractivity contribution in [3.05, 3.63) is 328 Å². The van der Waals surface area contributed by atoms with Crippen molar-refractivity contribution in [3.63, 3.8) is 0 Å². The average Bonchev–Trinajstić information content (AvgIpc) is 4.24. The summed E-state index contributed by atoms with van der Waals surface area (Å²) < 4.78 is 5.06. The van der Waals surface area contributed by atoms with Crippen LogP contribution < -0.4 is 41.5 Å². The van der Waals surface area contributed by atoms with Gasteiger partial charge < -0.3 is 9.13 Å². The number of para-hydroxylation sites is 1. The van der Waals surface area contributed by atoms with Crippen molar-refractivity contribution >= 4 is 134 Å². The SMILES string of the molecule is c1ccc([Si](c2ccccc2)(c2ccccc2)c2cccc(-n3c4ccccc4c4cc(-n5c6ccc([Si](c7ccccc7)(c7ccccc7)c7ccccc7)cc6c6c7c8ccccc8c8ccccc8c7ccc65)ccc43)c2)cc1. The number of fused-ring (bicyclic) bond motifs is 13. The standard InChI is InChI=1S/C78H54N2Si2/c1-7-27-57(28-8-1)81(58-29-9-2-10-30-58,59-31-11-3-12-32-59)63-39-25-26-55(52-63)79-73-45-24-23-43-68(73)71-53-56(46-49-74(71)79)80-75-50-47-64(82(60-33-13-4-14-34-60,61-35-15-5-16-36-61)62-37-17-6-18-38-62)54-72(75)78-76(80)51-48-70-67-42-20-19-40-65(67)66-41-21-22-44-69(66)77(70)78/h1-54H. The van der Waals surface area contributed by atoms with Crippen LogP contribution in [0, 0.1) is 0 Å². The molecule has 0 atom stereocenters. The highest BCUT2D eigenvalue weighted by Crippen LogP contribution is 2.44. The predicted octanol–water partition coefficient (Wildman–Crippen LogP) is 14.1. The van der Waals surface area contributed by atoms with E-state index in [2.05, 4.69) is 337 Å². The average molecular weight is 1080 g/mol. The van der Waals surface area contributed by atoms with E-state index in [0.717, 1.165) is 11.4 Å². The fourth-order valence-corrected chi connectivity index (χ4v) is 24.0. The van der Waals surface area contributed by atoms with E-state index in [1.165, 1.54) is 117 Å². The molecule has 0 aliphatic carbocycles. The van der Waals surface area contributed by atoms with Crippen molar-refractivity contribution in [2.75, 3.05) is 0 Å². The van der Waals surface area contributed by atoms with E-state index >= 15 is 0 Å². The first-order valence-corrected chi connectivity index (χ1v) is 32.5. The lowest BCUT2D eigenvalue weighted by atomic mass is 9.92. The molecule has 0 spiro atoms. The summed E-state index contributed by atoms with van der Waals surface area (Å²) in [7, 11) is -5.74. The minimum atomic E-state index is -2.92. The number of rotatable bonds is 10. The van der Waals surface area contributed by atoms with E-state index in [1.54, 1.807) is 0 Å². The summed E-state index contributed by atoms with van der Waals surface area (Å²) in [6, 6.07) is 124. The molecule has 14 aromatic carbocycles. The van der Waals surface area contributed by atoms with Crippen LogP contribution in [0.25, 0.3) is 87.3 Å². The fourth-order valence-electron chi connectivity index (χ4n) is 14.4. The second-order valence-corrected chi connectivity index (χ2v) is 29.5. The van der Waals surface area contributed by atoms with E-state index in [0.29, 0.717) is 0 Å². The summed E-state index contributed by atoms with van der Waals surface area (Å²) in [4.78, 5) is 0. The minimum Gasteiger partial charge on any atom is -0.309 e. The summed E-state index contributed by atoms with van der Waals surface area (Å²) in [6.45, 7) is 0. The molecule has 0 unspecified atom stereocenters. The largest absolute Gasteiger partial charge is 0.309 e. The van der Waals surface area contributed by atoms with E-state index in [1.807, 2.05) is 0 Å². The zero-order chi connectivity index (χ0) is 54.2. The summed E-state index contributed by atoms with van der Waals surface area (Å²) in [5.41, 5.74) is 6.99. The van der Waals surface area contributed by atoms with Crippen molar-refractivity contribution < 1.29 is 0 Å². The third-order valence-electron chi connectivity index (χ3n) is 17.8. The number of benzene rings is 14. The zero-order valence-corrected chi connectivity index (χ0v) is 47.1. The molecular formula is C78H54N2Si2. The summed E-state index contributed by atoms with van der Waals surface area (Å²) >= 11 is 0. The van der Waals surface area contributed by atoms with Crippen molar-refractivity contribution in [2.24, 2.45) is 0 Å². The molecule has 0 aliphatic rings. The normalized spacial score (nSPS) is 12.1. The van der Waals surface area contributed by atoms with Gasteiger partial charge in [-0.25, -0.2) is 0 Å². The van der Waals surface area contributed by atoms with Crippen LogP contribution in [0.4, 0.5) is 0 Å². The maximum atomic E-state index is 2.60. The van der Waals surface area contributed by atoms with E-state index in [9.17, 15) is 0 Å². The van der Waals surface area contributed by atoms with Gasteiger partial charge in [-0.2, -0.15) is 0 Å². The van der Waals surface area contributed by atoms with Gasteiger partial charge in [0.2, 0.25) is 0 Å². The van der Waals surface area contributed by atoms with E-state index in [-0.39, 0.29) is 0 Å². The molecule has 384 valence electrons. The van der Waals surface area contributed by atoms with Crippen LogP contribution in [-0.2, 0) is 0 Å². The monoisotopic (exact) mass is 1070 g/mol. The van der Waals surface area contributed by atoms with Gasteiger partial charge in [0.1, 0.15) is 0 Å².